The average Bonchev–Trinajstić information content (AvgIpc) is 3.32. The second kappa shape index (κ2) is 8.92. The van der Waals surface area contributed by atoms with Crippen LogP contribution < -0.4 is 10.2 Å². The molecule has 1 amide bonds. The van der Waals surface area contributed by atoms with Crippen molar-refractivity contribution in [3.63, 3.8) is 0 Å². The van der Waals surface area contributed by atoms with Crippen LogP contribution in [0.25, 0.3) is 0 Å². The molecule has 1 fully saturated rings. The topological polar surface area (TPSA) is 67.4 Å². The van der Waals surface area contributed by atoms with E-state index in [1.807, 2.05) is 13.8 Å². The van der Waals surface area contributed by atoms with Crippen LogP contribution in [0, 0.1) is 11.6 Å². The molecule has 1 saturated carbocycles. The lowest BCUT2D eigenvalue weighted by Gasteiger charge is -2.36. The van der Waals surface area contributed by atoms with Gasteiger partial charge in [-0.05, 0) is 57.0 Å². The van der Waals surface area contributed by atoms with Crippen molar-refractivity contribution in [1.29, 1.82) is 0 Å². The summed E-state index contributed by atoms with van der Waals surface area (Å²) in [4.78, 5) is 25.1. The fourth-order valence-electron chi connectivity index (χ4n) is 4.72. The number of carbonyl (C=O) groups excluding carboxylic acids is 1. The van der Waals surface area contributed by atoms with Gasteiger partial charge in [-0.2, -0.15) is 0 Å². The summed E-state index contributed by atoms with van der Waals surface area (Å²) in [6.45, 7) is 15.1. The van der Waals surface area contributed by atoms with Gasteiger partial charge in [-0.15, -0.1) is 0 Å². The number of halogens is 2. The summed E-state index contributed by atoms with van der Waals surface area (Å²) in [6, 6.07) is 3.62. The molecular formula is C26H36F2N4O2Si. The van der Waals surface area contributed by atoms with Gasteiger partial charge in [0.05, 0.1) is 23.3 Å². The average molecular weight is 503 g/mol. The van der Waals surface area contributed by atoms with Crippen LogP contribution in [-0.4, -0.2) is 30.2 Å². The van der Waals surface area contributed by atoms with Gasteiger partial charge in [-0.25, -0.2) is 18.7 Å². The molecule has 1 aromatic carbocycles. The highest BCUT2D eigenvalue weighted by Crippen LogP contribution is 2.55. The molecule has 35 heavy (non-hydrogen) atoms. The Hall–Kier alpha value is -2.39. The van der Waals surface area contributed by atoms with Gasteiger partial charge in [-0.3, -0.25) is 9.69 Å². The van der Waals surface area contributed by atoms with Crippen LogP contribution in [0.3, 0.4) is 0 Å². The second-order valence-corrected chi connectivity index (χ2v) is 16.4. The van der Waals surface area contributed by atoms with Crippen molar-refractivity contribution in [2.75, 3.05) is 10.2 Å². The zero-order valence-electron chi connectivity index (χ0n) is 21.8. The predicted octanol–water partition coefficient (Wildman–Crippen LogP) is 6.59. The van der Waals surface area contributed by atoms with Crippen LogP contribution in [0.15, 0.2) is 18.2 Å². The van der Waals surface area contributed by atoms with Gasteiger partial charge in [0.2, 0.25) is 5.91 Å². The van der Waals surface area contributed by atoms with Crippen molar-refractivity contribution in [2.24, 2.45) is 0 Å². The number of amides is 1. The van der Waals surface area contributed by atoms with Crippen molar-refractivity contribution in [3.05, 3.63) is 41.2 Å². The molecule has 1 aromatic heterocycles. The third-order valence-electron chi connectivity index (χ3n) is 7.65. The number of nitrogens with one attached hydrogen (secondary N) is 1. The Balaban J connectivity index is 1.87. The number of hydrogen-bond donors (Lipinski definition) is 1. The molecule has 9 heteroatoms. The van der Waals surface area contributed by atoms with E-state index in [0.29, 0.717) is 30.3 Å². The number of anilines is 3. The quantitative estimate of drug-likeness (QED) is 0.452. The summed E-state index contributed by atoms with van der Waals surface area (Å²) < 4.78 is 34.3. The highest BCUT2D eigenvalue weighted by atomic mass is 28.4. The van der Waals surface area contributed by atoms with Crippen LogP contribution in [0.2, 0.25) is 18.1 Å². The first kappa shape index (κ1) is 25.7. The largest absolute Gasteiger partial charge is 0.409 e. The second-order valence-electron chi connectivity index (χ2n) is 11.6. The lowest BCUT2D eigenvalue weighted by molar-refractivity contribution is -0.122. The summed E-state index contributed by atoms with van der Waals surface area (Å²) in [5, 5.41) is 3.45. The van der Waals surface area contributed by atoms with Crippen LogP contribution in [0.1, 0.15) is 71.7 Å². The number of nitrogens with zero attached hydrogens (tertiary/aromatic N) is 3. The number of aromatic nitrogens is 2. The summed E-state index contributed by atoms with van der Waals surface area (Å²) >= 11 is 0. The van der Waals surface area contributed by atoms with E-state index in [-0.39, 0.29) is 29.3 Å². The van der Waals surface area contributed by atoms with E-state index < -0.39 is 25.4 Å². The molecule has 0 atom stereocenters. The third-order valence-corrected chi connectivity index (χ3v) is 12.1. The lowest BCUT2D eigenvalue weighted by Crippen LogP contribution is -2.40. The maximum absolute atomic E-state index is 14.2. The first-order valence-electron chi connectivity index (χ1n) is 12.4. The molecule has 190 valence electrons. The maximum atomic E-state index is 14.2. The van der Waals surface area contributed by atoms with E-state index in [1.54, 1.807) is 0 Å². The Morgan fingerprint density at radius 3 is 2.37 bits per heavy atom. The summed E-state index contributed by atoms with van der Waals surface area (Å²) in [6.07, 6.45) is 3.17. The first-order valence-corrected chi connectivity index (χ1v) is 15.3. The molecule has 2 aliphatic rings. The van der Waals surface area contributed by atoms with Crippen molar-refractivity contribution in [2.45, 2.75) is 96.5 Å². The molecule has 1 aliphatic heterocycles. The van der Waals surface area contributed by atoms with E-state index in [0.717, 1.165) is 30.5 Å². The van der Waals surface area contributed by atoms with Crippen LogP contribution in [0.5, 0.6) is 0 Å². The lowest BCUT2D eigenvalue weighted by atomic mass is 9.80. The standard InChI is InChI=1S/C26H36F2N4O2Si/c1-16(2)29-22-21-23(31-20(30-22)15-34-35(6,7)25(3,4)5)32(17-10-11-18(27)19(28)14-17)24(33)26(21)12-8-9-13-26/h10-11,14,16H,8-9,12-13,15H2,1-7H3,(H,29,30,31). The molecule has 2 aromatic rings. The Morgan fingerprint density at radius 1 is 1.14 bits per heavy atom. The minimum absolute atomic E-state index is 0.0181. The van der Waals surface area contributed by atoms with Crippen molar-refractivity contribution in [3.8, 4) is 0 Å². The van der Waals surface area contributed by atoms with Crippen LogP contribution in [-0.2, 0) is 21.2 Å². The molecule has 4 rings (SSSR count). The molecule has 0 saturated heterocycles. The fraction of sp³-hybridized carbons (Fsp3) is 0.577. The maximum Gasteiger partial charge on any atom is 0.243 e. The monoisotopic (exact) mass is 502 g/mol. The summed E-state index contributed by atoms with van der Waals surface area (Å²) in [5.41, 5.74) is 0.259. The highest BCUT2D eigenvalue weighted by Gasteiger charge is 2.55. The Labute approximate surface area is 207 Å². The molecule has 1 spiro atoms. The fourth-order valence-corrected chi connectivity index (χ4v) is 5.65. The molecule has 1 N–H and O–H groups in total. The van der Waals surface area contributed by atoms with Crippen LogP contribution >= 0.6 is 0 Å². The minimum atomic E-state index is -2.08. The van der Waals surface area contributed by atoms with Crippen molar-refractivity contribution >= 4 is 31.5 Å². The zero-order chi connectivity index (χ0) is 25.8. The number of hydrogen-bond acceptors (Lipinski definition) is 5. The van der Waals surface area contributed by atoms with Crippen molar-refractivity contribution < 1.29 is 18.0 Å². The van der Waals surface area contributed by atoms with Gasteiger partial charge >= 0.3 is 0 Å². The van der Waals surface area contributed by atoms with Crippen LogP contribution in [0.4, 0.5) is 26.1 Å². The molecule has 6 nitrogen and oxygen atoms in total. The molecule has 1 aliphatic carbocycles. The first-order chi connectivity index (χ1) is 16.3. The third kappa shape index (κ3) is 4.48. The normalized spacial score (nSPS) is 17.5. The SMILES string of the molecule is CC(C)Nc1nc(CO[Si](C)(C)C(C)(C)C)nc2c1C1(CCCC1)C(=O)N2c1ccc(F)c(F)c1. The molecule has 0 unspecified atom stereocenters. The van der Waals surface area contributed by atoms with E-state index in [1.165, 1.54) is 11.0 Å². The van der Waals surface area contributed by atoms with E-state index in [9.17, 15) is 13.6 Å². The highest BCUT2D eigenvalue weighted by molar-refractivity contribution is 6.74. The Morgan fingerprint density at radius 2 is 1.80 bits per heavy atom. The van der Waals surface area contributed by atoms with Gasteiger partial charge in [0.25, 0.3) is 0 Å². The summed E-state index contributed by atoms with van der Waals surface area (Å²) in [5.74, 6) is -0.578. The van der Waals surface area contributed by atoms with Crippen molar-refractivity contribution in [1.82, 2.24) is 9.97 Å². The number of carbonyl (C=O) groups is 1. The van der Waals surface area contributed by atoms with Gasteiger partial charge < -0.3 is 9.74 Å². The van der Waals surface area contributed by atoms with Gasteiger partial charge in [-0.1, -0.05) is 33.6 Å². The van der Waals surface area contributed by atoms with Gasteiger partial charge in [0, 0.05) is 12.1 Å². The zero-order valence-corrected chi connectivity index (χ0v) is 22.8. The minimum Gasteiger partial charge on any atom is -0.409 e. The molecular weight excluding hydrogens is 466 g/mol. The van der Waals surface area contributed by atoms with E-state index in [4.69, 9.17) is 14.4 Å². The molecule has 0 radical (unpaired) electrons. The van der Waals surface area contributed by atoms with E-state index >= 15 is 0 Å². The Bertz CT molecular complexity index is 1140. The van der Waals surface area contributed by atoms with Gasteiger partial charge in [0.15, 0.2) is 25.8 Å². The smallest absolute Gasteiger partial charge is 0.243 e. The number of benzene rings is 1. The van der Waals surface area contributed by atoms with E-state index in [2.05, 4.69) is 39.2 Å². The van der Waals surface area contributed by atoms with Gasteiger partial charge in [0.1, 0.15) is 11.6 Å². The number of fused-ring (bicyclic) bond motifs is 2. The molecule has 2 heterocycles. The predicted molar refractivity (Wildman–Crippen MR) is 136 cm³/mol. The summed E-state index contributed by atoms with van der Waals surface area (Å²) in [7, 11) is -2.08. The Kier molecular flexibility index (Phi) is 6.55. The molecule has 0 bridgehead atoms. The number of rotatable bonds is 6.